The number of unbranched alkanes of at least 4 members (excludes halogenated alkanes) is 1. The summed E-state index contributed by atoms with van der Waals surface area (Å²) in [6.45, 7) is 2.16. The molecule has 1 aromatic carbocycles. The van der Waals surface area contributed by atoms with E-state index in [1.807, 2.05) is 41.8 Å². The Morgan fingerprint density at radius 1 is 1.23 bits per heavy atom. The van der Waals surface area contributed by atoms with Crippen molar-refractivity contribution >= 4 is 49.6 Å². The Hall–Kier alpha value is -2.97. The lowest BCUT2D eigenvalue weighted by Crippen LogP contribution is -2.11. The van der Waals surface area contributed by atoms with Gasteiger partial charge in [-0.3, -0.25) is 10.1 Å². The van der Waals surface area contributed by atoms with Gasteiger partial charge in [-0.15, -0.1) is 22.7 Å². The van der Waals surface area contributed by atoms with Crippen LogP contribution < -0.4 is 15.8 Å². The highest BCUT2D eigenvalue weighted by Crippen LogP contribution is 2.34. The minimum absolute atomic E-state index is 0.267. The molecule has 154 valence electrons. The number of aromatic nitrogens is 2. The topological polar surface area (TPSA) is 90.1 Å². The zero-order chi connectivity index (χ0) is 21.1. The number of hydrogen-bond donors (Lipinski definition) is 2. The van der Waals surface area contributed by atoms with Crippen LogP contribution in [0.3, 0.4) is 0 Å². The van der Waals surface area contributed by atoms with Crippen molar-refractivity contribution in [3.8, 4) is 17.0 Å². The fraction of sp³-hybridized carbons (Fsp3) is 0.227. The standard InChI is InChI=1S/C22H22N4O2S2/c1-3-4-7-14-9-10-16-18(23)19(30-21(16)24-14)20(27)26-22-25-17(12-29-22)13-6-5-8-15(11-13)28-2/h5-6,8-12H,3-4,7,23H2,1-2H3,(H,25,26,27). The predicted octanol–water partition coefficient (Wildman–Crippen LogP) is 5.61. The molecule has 0 aliphatic rings. The molecule has 0 spiro atoms. The highest BCUT2D eigenvalue weighted by atomic mass is 32.1. The van der Waals surface area contributed by atoms with Crippen LogP contribution in [-0.4, -0.2) is 23.0 Å². The van der Waals surface area contributed by atoms with Gasteiger partial charge in [0.15, 0.2) is 5.13 Å². The molecule has 4 rings (SSSR count). The molecule has 0 aliphatic carbocycles. The number of nitrogens with two attached hydrogens (primary N) is 1. The van der Waals surface area contributed by atoms with Crippen LogP contribution in [0.5, 0.6) is 5.75 Å². The summed E-state index contributed by atoms with van der Waals surface area (Å²) in [6, 6.07) is 11.6. The van der Waals surface area contributed by atoms with E-state index in [0.717, 1.165) is 52.2 Å². The molecule has 3 aromatic heterocycles. The second-order valence-electron chi connectivity index (χ2n) is 6.83. The second-order valence-corrected chi connectivity index (χ2v) is 8.68. The maximum absolute atomic E-state index is 12.8. The van der Waals surface area contributed by atoms with Crippen molar-refractivity contribution in [1.29, 1.82) is 0 Å². The minimum atomic E-state index is -0.267. The second kappa shape index (κ2) is 8.81. The van der Waals surface area contributed by atoms with Gasteiger partial charge in [0.1, 0.15) is 15.5 Å². The number of nitrogens with one attached hydrogen (secondary N) is 1. The average molecular weight is 439 g/mol. The number of amides is 1. The molecule has 30 heavy (non-hydrogen) atoms. The van der Waals surface area contributed by atoms with E-state index >= 15 is 0 Å². The maximum Gasteiger partial charge on any atom is 0.269 e. The van der Waals surface area contributed by atoms with E-state index in [9.17, 15) is 4.79 Å². The molecule has 0 saturated carbocycles. The Bertz CT molecular complexity index is 1200. The van der Waals surface area contributed by atoms with Gasteiger partial charge in [0.25, 0.3) is 5.91 Å². The van der Waals surface area contributed by atoms with Crippen molar-refractivity contribution in [1.82, 2.24) is 9.97 Å². The first-order valence-corrected chi connectivity index (χ1v) is 11.4. The number of carbonyl (C=O) groups excluding carboxylic acids is 1. The number of benzene rings is 1. The molecule has 0 saturated heterocycles. The lowest BCUT2D eigenvalue weighted by Gasteiger charge is -2.02. The van der Waals surface area contributed by atoms with Gasteiger partial charge in [0.05, 0.1) is 18.5 Å². The van der Waals surface area contributed by atoms with Crippen LogP contribution in [-0.2, 0) is 6.42 Å². The fourth-order valence-electron chi connectivity index (χ4n) is 3.10. The zero-order valence-electron chi connectivity index (χ0n) is 16.8. The largest absolute Gasteiger partial charge is 0.497 e. The molecule has 0 fully saturated rings. The van der Waals surface area contributed by atoms with Crippen LogP contribution in [0.2, 0.25) is 0 Å². The van der Waals surface area contributed by atoms with Crippen molar-refractivity contribution in [2.45, 2.75) is 26.2 Å². The van der Waals surface area contributed by atoms with E-state index in [1.54, 1.807) is 7.11 Å². The van der Waals surface area contributed by atoms with Crippen molar-refractivity contribution < 1.29 is 9.53 Å². The third-order valence-corrected chi connectivity index (χ3v) is 6.61. The van der Waals surface area contributed by atoms with E-state index in [1.165, 1.54) is 22.7 Å². The first-order chi connectivity index (χ1) is 14.6. The summed E-state index contributed by atoms with van der Waals surface area (Å²) in [4.78, 5) is 23.3. The van der Waals surface area contributed by atoms with E-state index in [2.05, 4.69) is 22.2 Å². The van der Waals surface area contributed by atoms with E-state index in [4.69, 9.17) is 10.5 Å². The van der Waals surface area contributed by atoms with Gasteiger partial charge in [0.2, 0.25) is 0 Å². The number of methoxy groups -OCH3 is 1. The first kappa shape index (κ1) is 20.3. The highest BCUT2D eigenvalue weighted by molar-refractivity contribution is 7.21. The summed E-state index contributed by atoms with van der Waals surface area (Å²) in [5.74, 6) is 0.493. The fourth-order valence-corrected chi connectivity index (χ4v) is 4.82. The number of ether oxygens (including phenoxy) is 1. The van der Waals surface area contributed by atoms with Gasteiger partial charge < -0.3 is 10.5 Å². The number of pyridine rings is 1. The van der Waals surface area contributed by atoms with E-state index in [0.29, 0.717) is 15.7 Å². The Kier molecular flexibility index (Phi) is 5.96. The van der Waals surface area contributed by atoms with E-state index in [-0.39, 0.29) is 5.91 Å². The molecule has 4 aromatic rings. The van der Waals surface area contributed by atoms with Crippen molar-refractivity contribution in [3.05, 3.63) is 52.3 Å². The molecule has 3 N–H and O–H groups in total. The normalized spacial score (nSPS) is 11.0. The SMILES string of the molecule is CCCCc1ccc2c(N)c(C(=O)Nc3nc(-c4cccc(OC)c4)cs3)sc2n1. The van der Waals surface area contributed by atoms with Crippen molar-refractivity contribution in [2.75, 3.05) is 18.2 Å². The average Bonchev–Trinajstić information content (AvgIpc) is 3.36. The Labute approximate surface area is 182 Å². The molecule has 0 aliphatic heterocycles. The predicted molar refractivity (Wildman–Crippen MR) is 125 cm³/mol. The van der Waals surface area contributed by atoms with Crippen LogP contribution in [0.25, 0.3) is 21.5 Å². The number of anilines is 2. The molecule has 6 nitrogen and oxygen atoms in total. The Morgan fingerprint density at radius 3 is 2.90 bits per heavy atom. The number of fused-ring (bicyclic) bond motifs is 1. The maximum atomic E-state index is 12.8. The smallest absolute Gasteiger partial charge is 0.269 e. The summed E-state index contributed by atoms with van der Waals surface area (Å²) < 4.78 is 5.26. The van der Waals surface area contributed by atoms with E-state index < -0.39 is 0 Å². The number of hydrogen-bond acceptors (Lipinski definition) is 7. The summed E-state index contributed by atoms with van der Waals surface area (Å²) in [5.41, 5.74) is 9.45. The Morgan fingerprint density at radius 2 is 2.10 bits per heavy atom. The van der Waals surface area contributed by atoms with Gasteiger partial charge in [-0.25, -0.2) is 9.97 Å². The minimum Gasteiger partial charge on any atom is -0.497 e. The molecule has 1 amide bonds. The summed E-state index contributed by atoms with van der Waals surface area (Å²) >= 11 is 2.69. The summed E-state index contributed by atoms with van der Waals surface area (Å²) in [6.07, 6.45) is 3.13. The molecule has 0 radical (unpaired) electrons. The quantitative estimate of drug-likeness (QED) is 0.392. The summed E-state index contributed by atoms with van der Waals surface area (Å²) in [5, 5.41) is 6.11. The van der Waals surface area contributed by atoms with Gasteiger partial charge in [0, 0.05) is 22.0 Å². The molecular weight excluding hydrogens is 416 g/mol. The third kappa shape index (κ3) is 4.15. The third-order valence-electron chi connectivity index (χ3n) is 4.73. The molecule has 8 heteroatoms. The lowest BCUT2D eigenvalue weighted by molar-refractivity contribution is 0.103. The number of rotatable bonds is 7. The number of nitrogens with zero attached hydrogens (tertiary/aromatic N) is 2. The molecular formula is C22H22N4O2S2. The Balaban J connectivity index is 1.54. The molecule has 3 heterocycles. The van der Waals surface area contributed by atoms with Crippen LogP contribution in [0, 0.1) is 0 Å². The highest BCUT2D eigenvalue weighted by Gasteiger charge is 2.19. The molecule has 0 unspecified atom stereocenters. The number of nitrogen functional groups attached to an aromatic ring is 1. The summed E-state index contributed by atoms with van der Waals surface area (Å²) in [7, 11) is 1.63. The van der Waals surface area contributed by atoms with Gasteiger partial charge >= 0.3 is 0 Å². The molecule has 0 atom stereocenters. The van der Waals surface area contributed by atoms with Crippen LogP contribution in [0.1, 0.15) is 35.1 Å². The zero-order valence-corrected chi connectivity index (χ0v) is 18.4. The number of carbonyl (C=O) groups is 1. The van der Waals surface area contributed by atoms with Crippen LogP contribution in [0.4, 0.5) is 10.8 Å². The van der Waals surface area contributed by atoms with Gasteiger partial charge in [-0.1, -0.05) is 25.5 Å². The lowest BCUT2D eigenvalue weighted by atomic mass is 10.1. The van der Waals surface area contributed by atoms with Crippen molar-refractivity contribution in [2.24, 2.45) is 0 Å². The number of thiophene rings is 1. The number of aryl methyl sites for hydroxylation is 1. The number of thiazole rings is 1. The molecule has 0 bridgehead atoms. The monoisotopic (exact) mass is 438 g/mol. The van der Waals surface area contributed by atoms with Crippen molar-refractivity contribution in [3.63, 3.8) is 0 Å². The first-order valence-electron chi connectivity index (χ1n) is 9.68. The van der Waals surface area contributed by atoms with Gasteiger partial charge in [-0.2, -0.15) is 0 Å². The van der Waals surface area contributed by atoms with Gasteiger partial charge in [-0.05, 0) is 37.1 Å². The van der Waals surface area contributed by atoms with Crippen LogP contribution >= 0.6 is 22.7 Å². The van der Waals surface area contributed by atoms with Crippen LogP contribution in [0.15, 0.2) is 41.8 Å².